The van der Waals surface area contributed by atoms with Crippen molar-refractivity contribution in [1.82, 2.24) is 21.3 Å². The van der Waals surface area contributed by atoms with Crippen molar-refractivity contribution in [3.8, 4) is 23.0 Å². The van der Waals surface area contributed by atoms with Crippen LogP contribution in [0.25, 0.3) is 0 Å². The maximum absolute atomic E-state index is 14.4. The molecular weight excluding hydrogens is 1200 g/mol. The van der Waals surface area contributed by atoms with Crippen LogP contribution in [-0.2, 0) is 19.2 Å². The van der Waals surface area contributed by atoms with Gasteiger partial charge >= 0.3 is 5.97 Å². The first-order valence-corrected chi connectivity index (χ1v) is 30.4. The zero-order valence-electron chi connectivity index (χ0n) is 52.6. The minimum absolute atomic E-state index is 0.0270. The van der Waals surface area contributed by atoms with Crippen molar-refractivity contribution in [2.75, 3.05) is 75.9 Å². The summed E-state index contributed by atoms with van der Waals surface area (Å²) in [5.74, 6) is -7.38. The summed E-state index contributed by atoms with van der Waals surface area (Å²) in [7, 11) is 5.36. The molecule has 0 aliphatic heterocycles. The molecule has 0 spiro atoms. The van der Waals surface area contributed by atoms with Crippen molar-refractivity contribution in [2.45, 2.75) is 108 Å². The summed E-state index contributed by atoms with van der Waals surface area (Å²) in [6.07, 6.45) is 5.14. The molecule has 0 aliphatic rings. The second kappa shape index (κ2) is 37.9. The van der Waals surface area contributed by atoms with E-state index >= 15 is 0 Å². The van der Waals surface area contributed by atoms with E-state index in [2.05, 4.69) is 42.5 Å². The monoisotopic (exact) mass is 1290 g/mol. The number of aromatic carboxylic acids is 1. The Morgan fingerprint density at radius 1 is 0.355 bits per heavy atom. The van der Waals surface area contributed by atoms with E-state index in [1.165, 1.54) is 126 Å². The topological polar surface area (TPSA) is 454 Å². The Morgan fingerprint density at radius 2 is 0.613 bits per heavy atom. The van der Waals surface area contributed by atoms with Crippen molar-refractivity contribution in [3.63, 3.8) is 0 Å². The highest BCUT2D eigenvalue weighted by Gasteiger charge is 2.30. The number of hydrogen-bond donors (Lipinski definition) is 14. The molecule has 5 rings (SSSR count). The van der Waals surface area contributed by atoms with E-state index in [0.717, 1.165) is 0 Å². The second-order valence-electron chi connectivity index (χ2n) is 21.4. The molecule has 28 nitrogen and oxygen atoms in total. The fraction of sp³-hybridized carbons (Fsp3) is 0.385. The van der Waals surface area contributed by atoms with Gasteiger partial charge in [0, 0.05) is 22.7 Å². The van der Waals surface area contributed by atoms with Gasteiger partial charge in [-0.25, -0.2) is 4.79 Å². The van der Waals surface area contributed by atoms with Crippen molar-refractivity contribution >= 4 is 81.9 Å². The molecule has 19 N–H and O–H groups in total. The van der Waals surface area contributed by atoms with Gasteiger partial charge in [0.05, 0.1) is 61.8 Å². The minimum Gasteiger partial charge on any atom is -0.496 e. The Morgan fingerprint density at radius 3 is 0.892 bits per heavy atom. The van der Waals surface area contributed by atoms with Gasteiger partial charge in [-0.2, -0.15) is 0 Å². The predicted molar refractivity (Wildman–Crippen MR) is 350 cm³/mol. The van der Waals surface area contributed by atoms with Gasteiger partial charge in [0.25, 0.3) is 29.5 Å². The number of carbonyl (C=O) groups is 10. The average molecular weight is 1290 g/mol. The maximum Gasteiger partial charge on any atom is 0.336 e. The second-order valence-corrected chi connectivity index (χ2v) is 21.4. The maximum atomic E-state index is 14.4. The third-order valence-corrected chi connectivity index (χ3v) is 14.8. The van der Waals surface area contributed by atoms with Crippen LogP contribution in [0.4, 0.5) is 22.7 Å². The van der Waals surface area contributed by atoms with Crippen molar-refractivity contribution in [2.24, 2.45) is 28.7 Å². The summed E-state index contributed by atoms with van der Waals surface area (Å²) in [4.78, 5) is 136. The van der Waals surface area contributed by atoms with E-state index in [1.54, 1.807) is 0 Å². The molecule has 0 radical (unpaired) electrons. The number of rotatable bonds is 39. The van der Waals surface area contributed by atoms with Crippen LogP contribution >= 0.6 is 0 Å². The number of nitrogens with one attached hydrogen (secondary N) is 8. The highest BCUT2D eigenvalue weighted by molar-refractivity contribution is 6.09. The Bertz CT molecular complexity index is 3440. The van der Waals surface area contributed by atoms with Gasteiger partial charge in [0.1, 0.15) is 47.2 Å². The lowest BCUT2D eigenvalue weighted by molar-refractivity contribution is -0.118. The zero-order chi connectivity index (χ0) is 68.0. The van der Waals surface area contributed by atoms with Crippen molar-refractivity contribution < 1.29 is 72.0 Å². The molecule has 0 heterocycles. The molecule has 0 saturated carbocycles. The molecule has 9 amide bonds. The fourth-order valence-electron chi connectivity index (χ4n) is 9.82. The van der Waals surface area contributed by atoms with Crippen molar-refractivity contribution in [3.05, 3.63) is 130 Å². The van der Waals surface area contributed by atoms with Gasteiger partial charge in [-0.05, 0) is 182 Å². The lowest BCUT2D eigenvalue weighted by Crippen LogP contribution is -2.45. The number of benzene rings is 5. The lowest BCUT2D eigenvalue weighted by Gasteiger charge is -2.22. The molecule has 0 unspecified atom stereocenters. The van der Waals surface area contributed by atoms with Gasteiger partial charge < -0.3 is 95.3 Å². The summed E-state index contributed by atoms with van der Waals surface area (Å²) >= 11 is 0. The first-order chi connectivity index (χ1) is 44.7. The Balaban J connectivity index is 1.34. The summed E-state index contributed by atoms with van der Waals surface area (Å²) in [6, 6.07) is 18.0. The van der Waals surface area contributed by atoms with Gasteiger partial charge in [-0.3, -0.25) is 43.2 Å². The molecule has 28 heteroatoms. The minimum atomic E-state index is -1.33. The van der Waals surface area contributed by atoms with Gasteiger partial charge in [-0.15, -0.1) is 0 Å². The van der Waals surface area contributed by atoms with Crippen LogP contribution in [-0.4, -0.2) is 143 Å². The molecule has 5 aromatic carbocycles. The number of carboxylic acid groups (broad SMARTS) is 1. The predicted octanol–water partition coefficient (Wildman–Crippen LogP) is 4.37. The smallest absolute Gasteiger partial charge is 0.336 e. The molecule has 4 atom stereocenters. The van der Waals surface area contributed by atoms with Crippen molar-refractivity contribution in [1.29, 1.82) is 0 Å². The number of primary amides is 1. The number of carbonyl (C=O) groups excluding carboxylic acids is 9. The Labute approximate surface area is 538 Å². The molecule has 500 valence electrons. The molecule has 0 fully saturated rings. The average Bonchev–Trinajstić information content (AvgIpc) is 1.35. The fourth-order valence-corrected chi connectivity index (χ4v) is 9.82. The molecule has 0 aliphatic carbocycles. The summed E-state index contributed by atoms with van der Waals surface area (Å²) in [5.41, 5.74) is 28.6. The molecule has 0 saturated heterocycles. The highest BCUT2D eigenvalue weighted by Crippen LogP contribution is 2.29. The third-order valence-electron chi connectivity index (χ3n) is 14.8. The number of unbranched alkanes of at least 4 members (excludes halogenated alkanes) is 5. The van der Waals surface area contributed by atoms with Crippen LogP contribution < -0.4 is 90.2 Å². The zero-order valence-corrected chi connectivity index (χ0v) is 52.6. The van der Waals surface area contributed by atoms with E-state index in [0.29, 0.717) is 70.9 Å². The SMILES string of the molecule is COc1ccc(NC(=O)[C@H](CCCCCN)NC(=O)c2cc(NC(=O)[C@H](CCCCN)NC(=O)c3cc(NC(=O)[C@H](CCCCN)NC(=O)c4cc(NC(=O)[C@H](CCCCN)NC(=O)c5ccccc5C(=O)O)ccc4OC)ccc3OC)ccc2OC)cc1C(N)=O. The van der Waals surface area contributed by atoms with Gasteiger partial charge in [0.2, 0.25) is 23.6 Å². The number of ether oxygens (including phenoxy) is 4. The third kappa shape index (κ3) is 22.0. The van der Waals surface area contributed by atoms with Gasteiger partial charge in [-0.1, -0.05) is 25.0 Å². The molecule has 5 aromatic rings. The summed E-state index contributed by atoms with van der Waals surface area (Å²) < 4.78 is 21.8. The van der Waals surface area contributed by atoms with Crippen LogP contribution in [0.3, 0.4) is 0 Å². The Hall–Kier alpha value is -10.2. The Kier molecular flexibility index (Phi) is 30.0. The van der Waals surface area contributed by atoms with Crippen LogP contribution in [0, 0.1) is 0 Å². The van der Waals surface area contributed by atoms with Crippen LogP contribution in [0.5, 0.6) is 23.0 Å². The molecule has 93 heavy (non-hydrogen) atoms. The van der Waals surface area contributed by atoms with E-state index in [-0.39, 0.29) is 118 Å². The summed E-state index contributed by atoms with van der Waals surface area (Å²) in [6.45, 7) is 1.31. The number of methoxy groups -OCH3 is 4. The van der Waals surface area contributed by atoms with Crippen LogP contribution in [0.1, 0.15) is 146 Å². The van der Waals surface area contributed by atoms with E-state index < -0.39 is 83.3 Å². The standard InChI is InChI=1S/C65H85N13O15/c1-90-52-26-22-38(34-44(52)56(70)79)71-61(84)48(18-6-5-12-30-66)76-58(81)45-36-40(24-28-53(45)91-2)73-63(86)50(20-10-14-32-68)78-60(83)47-37-41(25-29-55(47)93-4)74-64(87)51(21-11-15-33-69)77-59(82)46-35-39(23-27-54(46)92-3)72-62(85)49(19-9-13-31-67)75-57(80)42-16-7-8-17-43(42)65(88)89/h7-8,16-17,22-29,34-37,48-51H,5-6,9-15,18-21,30-33,66-69H2,1-4H3,(H2,70,79)(H,71,84)(H,72,85)(H,73,86)(H,74,87)(H,75,80)(H,76,81)(H,77,82)(H,78,83)(H,88,89)/t48-,49-,50-,51-/m0/s1. The summed E-state index contributed by atoms with van der Waals surface area (Å²) in [5, 5.41) is 31.6. The van der Waals surface area contributed by atoms with Crippen LogP contribution in [0.2, 0.25) is 0 Å². The largest absolute Gasteiger partial charge is 0.496 e. The van der Waals surface area contributed by atoms with E-state index in [1.807, 2.05) is 0 Å². The normalized spacial score (nSPS) is 12.1. The molecular formula is C65H85N13O15. The quantitative estimate of drug-likeness (QED) is 0.0243. The first-order valence-electron chi connectivity index (χ1n) is 30.4. The lowest BCUT2D eigenvalue weighted by atomic mass is 10.0. The highest BCUT2D eigenvalue weighted by atomic mass is 16.5. The van der Waals surface area contributed by atoms with Gasteiger partial charge in [0.15, 0.2) is 0 Å². The number of carboxylic acids is 1. The van der Waals surface area contributed by atoms with E-state index in [9.17, 15) is 53.1 Å². The van der Waals surface area contributed by atoms with Crippen LogP contribution in [0.15, 0.2) is 97.1 Å². The molecule has 0 aromatic heterocycles. The number of amides is 9. The number of anilines is 4. The number of nitrogens with two attached hydrogens (primary N) is 5. The number of hydrogen-bond acceptors (Lipinski definition) is 18. The first kappa shape index (κ1) is 73.6. The van der Waals surface area contributed by atoms with E-state index in [4.69, 9.17) is 47.6 Å². The molecule has 0 bridgehead atoms.